The highest BCUT2D eigenvalue weighted by Crippen LogP contribution is 2.29. The van der Waals surface area contributed by atoms with Gasteiger partial charge < -0.3 is 14.0 Å². The maximum atomic E-state index is 12.9. The summed E-state index contributed by atoms with van der Waals surface area (Å²) in [5.74, 6) is 0.857. The van der Waals surface area contributed by atoms with Gasteiger partial charge in [0.05, 0.1) is 23.9 Å². The van der Waals surface area contributed by atoms with Crippen molar-refractivity contribution in [2.75, 3.05) is 6.61 Å². The Balaban J connectivity index is 1.30. The number of hydrazone groups is 1. The van der Waals surface area contributed by atoms with Crippen LogP contribution in [0.25, 0.3) is 21.8 Å². The smallest absolute Gasteiger partial charge is 0.260 e. The highest BCUT2D eigenvalue weighted by molar-refractivity contribution is 6.30. The monoisotopic (exact) mass is 539 g/mol. The fourth-order valence-corrected chi connectivity index (χ4v) is 4.47. The minimum Gasteiger partial charge on any atom is -0.490 e. The molecular formula is C31H26ClN3O4. The maximum Gasteiger partial charge on any atom is 0.260 e. The number of hydrogen-bond donors (Lipinski definition) is 1. The summed E-state index contributed by atoms with van der Waals surface area (Å²) < 4.78 is 13.5. The summed E-state index contributed by atoms with van der Waals surface area (Å²) in [6, 6.07) is 27.5. The van der Waals surface area contributed by atoms with Gasteiger partial charge in [-0.2, -0.15) is 5.10 Å². The fraction of sp³-hybridized carbons (Fsp3) is 0.129. The van der Waals surface area contributed by atoms with Crippen molar-refractivity contribution in [2.24, 2.45) is 5.10 Å². The molecular weight excluding hydrogens is 514 g/mol. The molecule has 0 unspecified atom stereocenters. The number of benzene rings is 4. The average molecular weight is 540 g/mol. The Hall–Kier alpha value is -4.62. The lowest BCUT2D eigenvalue weighted by molar-refractivity contribution is -0.121. The van der Waals surface area contributed by atoms with E-state index in [-0.39, 0.29) is 17.9 Å². The van der Waals surface area contributed by atoms with Gasteiger partial charge in [-0.3, -0.25) is 9.59 Å². The number of carbonyl (C=O) groups excluding carboxylic acids is 1. The SMILES string of the molecule is CCOc1cc(/C=N\NC(=O)Cn2c3ccccc3c(=O)c3ccccc32)ccc1OCc1ccc(Cl)cc1. The molecule has 1 heterocycles. The number of nitrogens with zero attached hydrogens (tertiary/aromatic N) is 2. The summed E-state index contributed by atoms with van der Waals surface area (Å²) in [7, 11) is 0. The van der Waals surface area contributed by atoms with Crippen LogP contribution in [0, 0.1) is 0 Å². The van der Waals surface area contributed by atoms with Gasteiger partial charge in [0.15, 0.2) is 16.9 Å². The molecule has 0 saturated heterocycles. The molecule has 5 aromatic rings. The van der Waals surface area contributed by atoms with Crippen LogP contribution < -0.4 is 20.3 Å². The summed E-state index contributed by atoms with van der Waals surface area (Å²) in [6.07, 6.45) is 1.55. The van der Waals surface area contributed by atoms with Crippen LogP contribution in [0.2, 0.25) is 5.02 Å². The van der Waals surface area contributed by atoms with Crippen molar-refractivity contribution in [1.82, 2.24) is 9.99 Å². The van der Waals surface area contributed by atoms with Crippen molar-refractivity contribution in [3.63, 3.8) is 0 Å². The van der Waals surface area contributed by atoms with E-state index in [1.807, 2.05) is 84.3 Å². The number of rotatable bonds is 9. The van der Waals surface area contributed by atoms with Crippen molar-refractivity contribution in [1.29, 1.82) is 0 Å². The molecule has 0 aliphatic heterocycles. The molecule has 196 valence electrons. The molecule has 7 nitrogen and oxygen atoms in total. The first-order valence-electron chi connectivity index (χ1n) is 12.5. The average Bonchev–Trinajstić information content (AvgIpc) is 2.96. The molecule has 8 heteroatoms. The number of aromatic nitrogens is 1. The second kappa shape index (κ2) is 11.8. The van der Waals surface area contributed by atoms with Gasteiger partial charge in [-0.25, -0.2) is 5.43 Å². The quantitative estimate of drug-likeness (QED) is 0.143. The lowest BCUT2D eigenvalue weighted by Crippen LogP contribution is -2.25. The number of hydrogen-bond acceptors (Lipinski definition) is 5. The predicted molar refractivity (Wildman–Crippen MR) is 155 cm³/mol. The topological polar surface area (TPSA) is 81.9 Å². The predicted octanol–water partition coefficient (Wildman–Crippen LogP) is 5.94. The van der Waals surface area contributed by atoms with Gasteiger partial charge in [0, 0.05) is 15.8 Å². The van der Waals surface area contributed by atoms with E-state index >= 15 is 0 Å². The third kappa shape index (κ3) is 5.94. The fourth-order valence-electron chi connectivity index (χ4n) is 4.34. The van der Waals surface area contributed by atoms with Crippen molar-refractivity contribution in [2.45, 2.75) is 20.1 Å². The number of carbonyl (C=O) groups is 1. The second-order valence-corrected chi connectivity index (χ2v) is 9.23. The molecule has 1 amide bonds. The van der Waals surface area contributed by atoms with Gasteiger partial charge in [-0.1, -0.05) is 48.0 Å². The number of nitrogens with one attached hydrogen (secondary N) is 1. The standard InChI is InChI=1S/C31H26ClN3O4/c1-2-38-29-17-22(13-16-28(29)39-20-21-11-14-23(32)15-12-21)18-33-34-30(36)19-35-26-9-5-3-7-24(26)31(37)25-8-4-6-10-27(25)35/h3-18H,2,19-20H2,1H3,(H,34,36)/b33-18-. The third-order valence-corrected chi connectivity index (χ3v) is 6.41. The van der Waals surface area contributed by atoms with E-state index in [1.165, 1.54) is 0 Å². The molecule has 0 spiro atoms. The van der Waals surface area contributed by atoms with Gasteiger partial charge in [-0.15, -0.1) is 0 Å². The van der Waals surface area contributed by atoms with Gasteiger partial charge >= 0.3 is 0 Å². The van der Waals surface area contributed by atoms with Crippen LogP contribution >= 0.6 is 11.6 Å². The molecule has 0 fully saturated rings. The molecule has 5 rings (SSSR count). The third-order valence-electron chi connectivity index (χ3n) is 6.16. The van der Waals surface area contributed by atoms with E-state index in [2.05, 4.69) is 10.5 Å². The lowest BCUT2D eigenvalue weighted by atomic mass is 10.1. The van der Waals surface area contributed by atoms with E-state index in [0.29, 0.717) is 51.5 Å². The summed E-state index contributed by atoms with van der Waals surface area (Å²) in [6.45, 7) is 2.74. The Morgan fingerprint density at radius 2 is 1.56 bits per heavy atom. The lowest BCUT2D eigenvalue weighted by Gasteiger charge is -2.14. The van der Waals surface area contributed by atoms with E-state index in [1.54, 1.807) is 24.4 Å². The molecule has 0 aliphatic rings. The van der Waals surface area contributed by atoms with Crippen LogP contribution in [-0.4, -0.2) is 23.3 Å². The molecule has 0 saturated carbocycles. The Morgan fingerprint density at radius 3 is 2.23 bits per heavy atom. The second-order valence-electron chi connectivity index (χ2n) is 8.80. The number of amides is 1. The number of halogens is 1. The van der Waals surface area contributed by atoms with E-state index in [9.17, 15) is 9.59 Å². The zero-order valence-electron chi connectivity index (χ0n) is 21.3. The molecule has 0 bridgehead atoms. The Morgan fingerprint density at radius 1 is 0.897 bits per heavy atom. The van der Waals surface area contributed by atoms with Crippen LogP contribution in [0.1, 0.15) is 18.1 Å². The maximum absolute atomic E-state index is 12.9. The first-order valence-corrected chi connectivity index (χ1v) is 12.9. The van der Waals surface area contributed by atoms with Crippen LogP contribution in [0.4, 0.5) is 0 Å². The molecule has 4 aromatic carbocycles. The minimum atomic E-state index is -0.321. The number of ether oxygens (including phenoxy) is 2. The van der Waals surface area contributed by atoms with Crippen LogP contribution in [0.3, 0.4) is 0 Å². The van der Waals surface area contributed by atoms with Gasteiger partial charge in [0.25, 0.3) is 5.91 Å². The Kier molecular flexibility index (Phi) is 7.89. The van der Waals surface area contributed by atoms with Crippen molar-refractivity contribution < 1.29 is 14.3 Å². The molecule has 0 aliphatic carbocycles. The van der Waals surface area contributed by atoms with Gasteiger partial charge in [-0.05, 0) is 72.6 Å². The summed E-state index contributed by atoms with van der Waals surface area (Å²) >= 11 is 5.95. The number of pyridine rings is 1. The zero-order chi connectivity index (χ0) is 27.2. The molecule has 39 heavy (non-hydrogen) atoms. The Labute approximate surface area is 230 Å². The molecule has 0 atom stereocenters. The van der Waals surface area contributed by atoms with Crippen LogP contribution in [-0.2, 0) is 17.9 Å². The molecule has 1 aromatic heterocycles. The largest absolute Gasteiger partial charge is 0.490 e. The number of para-hydroxylation sites is 2. The van der Waals surface area contributed by atoms with Crippen molar-refractivity contribution in [3.05, 3.63) is 117 Å². The number of fused-ring (bicyclic) bond motifs is 2. The highest BCUT2D eigenvalue weighted by atomic mass is 35.5. The van der Waals surface area contributed by atoms with Gasteiger partial charge in [0.2, 0.25) is 0 Å². The summed E-state index contributed by atoms with van der Waals surface area (Å²) in [5, 5.41) is 5.94. The summed E-state index contributed by atoms with van der Waals surface area (Å²) in [4.78, 5) is 25.8. The Bertz CT molecular complexity index is 1670. The van der Waals surface area contributed by atoms with E-state index in [4.69, 9.17) is 21.1 Å². The van der Waals surface area contributed by atoms with Gasteiger partial charge in [0.1, 0.15) is 13.2 Å². The first-order chi connectivity index (χ1) is 19.0. The molecule has 1 N–H and O–H groups in total. The van der Waals surface area contributed by atoms with E-state index < -0.39 is 0 Å². The van der Waals surface area contributed by atoms with Crippen molar-refractivity contribution in [3.8, 4) is 11.5 Å². The highest BCUT2D eigenvalue weighted by Gasteiger charge is 2.13. The van der Waals surface area contributed by atoms with Crippen LogP contribution in [0.5, 0.6) is 11.5 Å². The first kappa shape index (κ1) is 26.0. The minimum absolute atomic E-state index is 0.000316. The summed E-state index contributed by atoms with van der Waals surface area (Å²) in [5.41, 5.74) is 5.63. The zero-order valence-corrected chi connectivity index (χ0v) is 22.0. The van der Waals surface area contributed by atoms with E-state index in [0.717, 1.165) is 11.1 Å². The van der Waals surface area contributed by atoms with Crippen LogP contribution in [0.15, 0.2) is 101 Å². The van der Waals surface area contributed by atoms with Crippen molar-refractivity contribution >= 4 is 45.5 Å². The molecule has 0 radical (unpaired) electrons. The normalized spacial score (nSPS) is 11.2.